The molecule has 1 saturated carbocycles. The normalized spacial score (nSPS) is 20.1. The summed E-state index contributed by atoms with van der Waals surface area (Å²) in [7, 11) is -3.16. The van der Waals surface area contributed by atoms with Crippen LogP contribution in [0.5, 0.6) is 0 Å². The summed E-state index contributed by atoms with van der Waals surface area (Å²) in [6, 6.07) is 3.39. The van der Waals surface area contributed by atoms with Crippen molar-refractivity contribution < 1.29 is 13.2 Å². The predicted octanol–water partition coefficient (Wildman–Crippen LogP) is -0.0207. The molecular weight excluding hydrogens is 318 g/mol. The second-order valence-electron chi connectivity index (χ2n) is 5.88. The Hall–Kier alpha value is -2.00. The Kier molecular flexibility index (Phi) is 3.34. The Morgan fingerprint density at radius 1 is 1.13 bits per heavy atom. The third-order valence-electron chi connectivity index (χ3n) is 4.31. The van der Waals surface area contributed by atoms with E-state index < -0.39 is 10.0 Å². The molecule has 0 unspecified atom stereocenters. The van der Waals surface area contributed by atoms with Gasteiger partial charge >= 0.3 is 0 Å². The molecule has 8 nitrogen and oxygen atoms in total. The van der Waals surface area contributed by atoms with E-state index in [0.717, 1.165) is 12.8 Å². The number of sulfonamides is 1. The number of nitrogens with zero attached hydrogens (tertiary/aromatic N) is 5. The Balaban J connectivity index is 1.46. The van der Waals surface area contributed by atoms with Gasteiger partial charge in [0.2, 0.25) is 10.0 Å². The van der Waals surface area contributed by atoms with Gasteiger partial charge in [-0.1, -0.05) is 0 Å². The van der Waals surface area contributed by atoms with Crippen molar-refractivity contribution in [3.63, 3.8) is 0 Å². The van der Waals surface area contributed by atoms with Crippen molar-refractivity contribution in [3.8, 4) is 0 Å². The summed E-state index contributed by atoms with van der Waals surface area (Å²) in [4.78, 5) is 18.3. The van der Waals surface area contributed by atoms with Crippen molar-refractivity contribution in [2.45, 2.75) is 18.1 Å². The summed E-state index contributed by atoms with van der Waals surface area (Å²) < 4.78 is 27.5. The predicted molar refractivity (Wildman–Crippen MR) is 82.4 cm³/mol. The summed E-state index contributed by atoms with van der Waals surface area (Å²) in [6.45, 7) is 1.51. The smallest absolute Gasteiger partial charge is 0.274 e. The van der Waals surface area contributed by atoms with Crippen LogP contribution >= 0.6 is 0 Å². The van der Waals surface area contributed by atoms with Crippen molar-refractivity contribution in [2.75, 3.05) is 26.2 Å². The van der Waals surface area contributed by atoms with Crippen molar-refractivity contribution in [1.29, 1.82) is 0 Å². The number of hydrogen-bond acceptors (Lipinski definition) is 5. The molecule has 4 rings (SSSR count). The quantitative estimate of drug-likeness (QED) is 0.786. The maximum atomic E-state index is 12.5. The summed E-state index contributed by atoms with van der Waals surface area (Å²) in [6.07, 6.45) is 4.83. The SMILES string of the molecule is O=C(c1ccc2nccn2n1)N1CCN(S(=O)(=O)C2CC2)CC1. The van der Waals surface area contributed by atoms with Crippen molar-refractivity contribution in [2.24, 2.45) is 0 Å². The van der Waals surface area contributed by atoms with Gasteiger partial charge in [0.05, 0.1) is 5.25 Å². The number of imidazole rings is 1. The molecule has 9 heteroatoms. The third-order valence-corrected chi connectivity index (χ3v) is 6.70. The minimum absolute atomic E-state index is 0.177. The number of rotatable bonds is 3. The Labute approximate surface area is 133 Å². The zero-order valence-electron chi connectivity index (χ0n) is 12.5. The first-order chi connectivity index (χ1) is 11.1. The average molecular weight is 335 g/mol. The zero-order chi connectivity index (χ0) is 16.0. The molecule has 0 bridgehead atoms. The van der Waals surface area contributed by atoms with Gasteiger partial charge in [0.25, 0.3) is 5.91 Å². The lowest BCUT2D eigenvalue weighted by Crippen LogP contribution is -2.51. The molecule has 1 amide bonds. The van der Waals surface area contributed by atoms with Crippen molar-refractivity contribution in [1.82, 2.24) is 23.8 Å². The molecule has 2 aliphatic rings. The lowest BCUT2D eigenvalue weighted by atomic mass is 10.3. The van der Waals surface area contributed by atoms with Crippen LogP contribution in [0.1, 0.15) is 23.3 Å². The van der Waals surface area contributed by atoms with E-state index in [2.05, 4.69) is 10.1 Å². The van der Waals surface area contributed by atoms with Gasteiger partial charge < -0.3 is 4.90 Å². The summed E-state index contributed by atoms with van der Waals surface area (Å²) in [5.74, 6) is -0.177. The molecule has 0 atom stereocenters. The molecule has 0 aromatic carbocycles. The monoisotopic (exact) mass is 335 g/mol. The van der Waals surface area contributed by atoms with E-state index in [1.165, 1.54) is 4.31 Å². The molecule has 23 heavy (non-hydrogen) atoms. The number of fused-ring (bicyclic) bond motifs is 1. The van der Waals surface area contributed by atoms with Crippen LogP contribution in [0.15, 0.2) is 24.5 Å². The maximum Gasteiger partial charge on any atom is 0.274 e. The van der Waals surface area contributed by atoms with Gasteiger partial charge in [0, 0.05) is 38.6 Å². The molecule has 122 valence electrons. The van der Waals surface area contributed by atoms with E-state index in [1.807, 2.05) is 0 Å². The summed E-state index contributed by atoms with van der Waals surface area (Å²) in [5.41, 5.74) is 1.02. The van der Waals surface area contributed by atoms with Crippen molar-refractivity contribution >= 4 is 21.6 Å². The van der Waals surface area contributed by atoms with Gasteiger partial charge in [0.15, 0.2) is 5.65 Å². The molecule has 0 N–H and O–H groups in total. The molecule has 1 aliphatic carbocycles. The maximum absolute atomic E-state index is 12.5. The van der Waals surface area contributed by atoms with Gasteiger partial charge in [-0.2, -0.15) is 9.40 Å². The molecule has 0 radical (unpaired) electrons. The van der Waals surface area contributed by atoms with E-state index in [1.54, 1.807) is 33.9 Å². The molecule has 2 aromatic rings. The number of carbonyl (C=O) groups excluding carboxylic acids is 1. The van der Waals surface area contributed by atoms with Crippen LogP contribution in [0.25, 0.3) is 5.65 Å². The number of piperazine rings is 1. The molecule has 1 saturated heterocycles. The van der Waals surface area contributed by atoms with Crippen molar-refractivity contribution in [3.05, 3.63) is 30.2 Å². The fourth-order valence-corrected chi connectivity index (χ4v) is 4.64. The second-order valence-corrected chi connectivity index (χ2v) is 8.10. The van der Waals surface area contributed by atoms with Crippen LogP contribution in [-0.2, 0) is 10.0 Å². The highest BCUT2D eigenvalue weighted by molar-refractivity contribution is 7.90. The number of carbonyl (C=O) groups is 1. The Bertz CT molecular complexity index is 850. The van der Waals surface area contributed by atoms with Gasteiger partial charge in [-0.05, 0) is 25.0 Å². The second kappa shape index (κ2) is 5.27. The topological polar surface area (TPSA) is 87.9 Å². The van der Waals surface area contributed by atoms with Gasteiger partial charge in [-0.3, -0.25) is 4.79 Å². The largest absolute Gasteiger partial charge is 0.335 e. The minimum Gasteiger partial charge on any atom is -0.335 e. The van der Waals surface area contributed by atoms with Crippen LogP contribution in [0.4, 0.5) is 0 Å². The average Bonchev–Trinajstić information content (AvgIpc) is 3.33. The van der Waals surface area contributed by atoms with Crippen LogP contribution in [-0.4, -0.2) is 69.6 Å². The van der Waals surface area contributed by atoms with E-state index >= 15 is 0 Å². The number of amides is 1. The van der Waals surface area contributed by atoms with Crippen LogP contribution in [0.2, 0.25) is 0 Å². The lowest BCUT2D eigenvalue weighted by molar-refractivity contribution is 0.0690. The van der Waals surface area contributed by atoms with Gasteiger partial charge in [-0.25, -0.2) is 17.9 Å². The standard InChI is InChI=1S/C14H17N5O3S/c20-14(12-3-4-13-15-5-6-19(13)16-12)17-7-9-18(10-8-17)23(21,22)11-1-2-11/h3-6,11H,1-2,7-10H2. The molecular formula is C14H17N5O3S. The zero-order valence-corrected chi connectivity index (χ0v) is 13.3. The third kappa shape index (κ3) is 2.59. The first kappa shape index (κ1) is 14.6. The Morgan fingerprint density at radius 3 is 2.57 bits per heavy atom. The highest BCUT2D eigenvalue weighted by Gasteiger charge is 2.41. The Morgan fingerprint density at radius 2 is 1.87 bits per heavy atom. The molecule has 2 aromatic heterocycles. The van der Waals surface area contributed by atoms with Crippen LogP contribution in [0, 0.1) is 0 Å². The van der Waals surface area contributed by atoms with Gasteiger partial charge in [0.1, 0.15) is 5.69 Å². The van der Waals surface area contributed by atoms with Crippen LogP contribution in [0.3, 0.4) is 0 Å². The number of aromatic nitrogens is 3. The molecule has 3 heterocycles. The summed E-state index contributed by atoms with van der Waals surface area (Å²) in [5, 5.41) is 4.05. The fraction of sp³-hybridized carbons (Fsp3) is 0.500. The van der Waals surface area contributed by atoms with Gasteiger partial charge in [-0.15, -0.1) is 0 Å². The highest BCUT2D eigenvalue weighted by Crippen LogP contribution is 2.31. The molecule has 2 fully saturated rings. The molecule has 0 spiro atoms. The highest BCUT2D eigenvalue weighted by atomic mass is 32.2. The van der Waals surface area contributed by atoms with E-state index in [4.69, 9.17) is 0 Å². The fourth-order valence-electron chi connectivity index (χ4n) is 2.81. The first-order valence-electron chi connectivity index (χ1n) is 7.64. The van der Waals surface area contributed by atoms with E-state index in [-0.39, 0.29) is 11.2 Å². The molecule has 1 aliphatic heterocycles. The van der Waals surface area contributed by atoms with E-state index in [0.29, 0.717) is 37.5 Å². The summed E-state index contributed by atoms with van der Waals surface area (Å²) >= 11 is 0. The van der Waals surface area contributed by atoms with E-state index in [9.17, 15) is 13.2 Å². The van der Waals surface area contributed by atoms with Crippen LogP contribution < -0.4 is 0 Å². The number of hydrogen-bond donors (Lipinski definition) is 0. The first-order valence-corrected chi connectivity index (χ1v) is 9.15. The lowest BCUT2D eigenvalue weighted by Gasteiger charge is -2.33. The minimum atomic E-state index is -3.16.